The van der Waals surface area contributed by atoms with E-state index in [2.05, 4.69) is 22.1 Å². The van der Waals surface area contributed by atoms with Gasteiger partial charge in [-0.3, -0.25) is 19.2 Å². The molecule has 8 heteroatoms. The largest absolute Gasteiger partial charge is 0.444 e. The molecule has 33 heavy (non-hydrogen) atoms. The van der Waals surface area contributed by atoms with E-state index in [1.165, 1.54) is 6.26 Å². The molecule has 1 N–H and O–H groups in total. The number of benzene rings is 1. The van der Waals surface area contributed by atoms with Gasteiger partial charge in [-0.2, -0.15) is 4.98 Å². The molecule has 0 spiro atoms. The summed E-state index contributed by atoms with van der Waals surface area (Å²) in [6.45, 7) is 4.82. The van der Waals surface area contributed by atoms with Gasteiger partial charge in [-0.15, -0.1) is 0 Å². The Hall–Kier alpha value is -3.00. The lowest BCUT2D eigenvalue weighted by Gasteiger charge is -2.32. The van der Waals surface area contributed by atoms with Gasteiger partial charge < -0.3 is 9.73 Å². The lowest BCUT2D eigenvalue weighted by Crippen LogP contribution is -2.38. The van der Waals surface area contributed by atoms with Crippen LogP contribution in [0.2, 0.25) is 5.02 Å². The second-order valence-corrected chi connectivity index (χ2v) is 8.37. The topological polar surface area (TPSA) is 76.2 Å². The maximum absolute atomic E-state index is 13.6. The summed E-state index contributed by atoms with van der Waals surface area (Å²) in [6, 6.07) is 13.8. The van der Waals surface area contributed by atoms with Crippen molar-refractivity contribution in [3.63, 3.8) is 0 Å². The van der Waals surface area contributed by atoms with E-state index in [0.29, 0.717) is 24.3 Å². The molecule has 0 saturated carbocycles. The van der Waals surface area contributed by atoms with Gasteiger partial charge >= 0.3 is 0 Å². The standard InChI is InChI=1S/C25H28ClN5O2/c1-3-21(30(14-13-27-2)15-19-9-11-28-12-10-19)23-29-24-22(20(26)17-33-24)25(32)31(23)16-18-7-5-4-6-8-18/h4-12,17,21,27H,3,13-16H2,1-2H3. The van der Waals surface area contributed by atoms with Crippen molar-refractivity contribution >= 4 is 22.7 Å². The molecule has 4 aromatic rings. The molecule has 3 aromatic heterocycles. The second kappa shape index (κ2) is 10.7. The fourth-order valence-corrected chi connectivity index (χ4v) is 4.31. The SMILES string of the molecule is CCC(c1nc2occ(Cl)c2c(=O)n1Cc1ccccc1)N(CCNC)Cc1ccncc1. The summed E-state index contributed by atoms with van der Waals surface area (Å²) in [5.41, 5.74) is 2.26. The molecule has 0 radical (unpaired) electrons. The van der Waals surface area contributed by atoms with Crippen LogP contribution in [0.3, 0.4) is 0 Å². The summed E-state index contributed by atoms with van der Waals surface area (Å²) in [7, 11) is 1.94. The summed E-state index contributed by atoms with van der Waals surface area (Å²) in [5.74, 6) is 0.676. The van der Waals surface area contributed by atoms with Gasteiger partial charge in [0.2, 0.25) is 5.71 Å². The fourth-order valence-electron chi connectivity index (χ4n) is 4.11. The van der Waals surface area contributed by atoms with Crippen LogP contribution in [-0.2, 0) is 13.1 Å². The summed E-state index contributed by atoms with van der Waals surface area (Å²) < 4.78 is 7.30. The minimum absolute atomic E-state index is 0.101. The normalized spacial score (nSPS) is 12.5. The summed E-state index contributed by atoms with van der Waals surface area (Å²) >= 11 is 6.29. The van der Waals surface area contributed by atoms with E-state index in [4.69, 9.17) is 21.0 Å². The molecule has 0 bridgehead atoms. The van der Waals surface area contributed by atoms with E-state index < -0.39 is 0 Å². The van der Waals surface area contributed by atoms with Gasteiger partial charge in [-0.1, -0.05) is 48.9 Å². The van der Waals surface area contributed by atoms with Crippen molar-refractivity contribution in [2.75, 3.05) is 20.1 Å². The Morgan fingerprint density at radius 3 is 2.61 bits per heavy atom. The van der Waals surface area contributed by atoms with Crippen molar-refractivity contribution in [1.29, 1.82) is 0 Å². The molecule has 4 rings (SSSR count). The van der Waals surface area contributed by atoms with Crippen LogP contribution in [0.1, 0.15) is 36.3 Å². The number of halogens is 1. The summed E-state index contributed by atoms with van der Waals surface area (Å²) in [6.07, 6.45) is 5.75. The van der Waals surface area contributed by atoms with Crippen LogP contribution in [0.4, 0.5) is 0 Å². The van der Waals surface area contributed by atoms with E-state index in [0.717, 1.165) is 30.6 Å². The molecule has 0 amide bonds. The molecule has 3 heterocycles. The smallest absolute Gasteiger partial charge is 0.266 e. The third-order valence-electron chi connectivity index (χ3n) is 5.77. The third kappa shape index (κ3) is 5.16. The minimum Gasteiger partial charge on any atom is -0.444 e. The van der Waals surface area contributed by atoms with E-state index in [1.807, 2.05) is 49.5 Å². The molecule has 172 valence electrons. The van der Waals surface area contributed by atoms with Crippen molar-refractivity contribution in [1.82, 2.24) is 24.8 Å². The molecule has 0 aliphatic carbocycles. The first kappa shape index (κ1) is 23.2. The molecule has 0 fully saturated rings. The van der Waals surface area contributed by atoms with E-state index in [-0.39, 0.29) is 22.3 Å². The molecule has 0 aliphatic heterocycles. The maximum atomic E-state index is 13.6. The van der Waals surface area contributed by atoms with Crippen LogP contribution in [0.25, 0.3) is 11.1 Å². The zero-order chi connectivity index (χ0) is 23.2. The van der Waals surface area contributed by atoms with Crippen molar-refractivity contribution in [3.8, 4) is 0 Å². The number of likely N-dealkylation sites (N-methyl/N-ethyl adjacent to an activating group) is 1. The molecular formula is C25H28ClN5O2. The highest BCUT2D eigenvalue weighted by molar-refractivity contribution is 6.35. The third-order valence-corrected chi connectivity index (χ3v) is 6.05. The Balaban J connectivity index is 1.83. The molecule has 1 aromatic carbocycles. The predicted molar refractivity (Wildman–Crippen MR) is 130 cm³/mol. The molecular weight excluding hydrogens is 438 g/mol. The van der Waals surface area contributed by atoms with Crippen molar-refractivity contribution in [2.24, 2.45) is 0 Å². The number of aromatic nitrogens is 3. The van der Waals surface area contributed by atoms with Crippen LogP contribution < -0.4 is 10.9 Å². The van der Waals surface area contributed by atoms with Crippen LogP contribution in [0.5, 0.6) is 0 Å². The van der Waals surface area contributed by atoms with Gasteiger partial charge in [0, 0.05) is 32.0 Å². The molecule has 0 saturated heterocycles. The Morgan fingerprint density at radius 2 is 1.91 bits per heavy atom. The number of nitrogens with one attached hydrogen (secondary N) is 1. The highest BCUT2D eigenvalue weighted by Gasteiger charge is 2.26. The van der Waals surface area contributed by atoms with E-state index in [9.17, 15) is 4.79 Å². The lowest BCUT2D eigenvalue weighted by molar-refractivity contribution is 0.172. The Labute approximate surface area is 198 Å². The predicted octanol–water partition coefficient (Wildman–Crippen LogP) is 4.26. The highest BCUT2D eigenvalue weighted by Crippen LogP contribution is 2.28. The molecule has 1 atom stereocenters. The van der Waals surface area contributed by atoms with Crippen LogP contribution in [0, 0.1) is 0 Å². The zero-order valence-corrected chi connectivity index (χ0v) is 19.6. The first-order chi connectivity index (χ1) is 16.1. The van der Waals surface area contributed by atoms with Gasteiger partial charge in [-0.25, -0.2) is 0 Å². The van der Waals surface area contributed by atoms with Crippen molar-refractivity contribution < 1.29 is 4.42 Å². The maximum Gasteiger partial charge on any atom is 0.266 e. The van der Waals surface area contributed by atoms with E-state index in [1.54, 1.807) is 17.0 Å². The van der Waals surface area contributed by atoms with Crippen LogP contribution in [-0.4, -0.2) is 39.6 Å². The monoisotopic (exact) mass is 465 g/mol. The van der Waals surface area contributed by atoms with Gasteiger partial charge in [0.25, 0.3) is 5.56 Å². The quantitative estimate of drug-likeness (QED) is 0.377. The Bertz CT molecular complexity index is 1240. The summed E-state index contributed by atoms with van der Waals surface area (Å²) in [5, 5.41) is 3.84. The first-order valence-electron chi connectivity index (χ1n) is 11.1. The average molecular weight is 466 g/mol. The van der Waals surface area contributed by atoms with Crippen LogP contribution in [0.15, 0.2) is 70.3 Å². The number of hydrogen-bond acceptors (Lipinski definition) is 6. The highest BCUT2D eigenvalue weighted by atomic mass is 35.5. The van der Waals surface area contributed by atoms with E-state index >= 15 is 0 Å². The zero-order valence-electron chi connectivity index (χ0n) is 18.9. The number of pyridine rings is 1. The molecule has 7 nitrogen and oxygen atoms in total. The Kier molecular flexibility index (Phi) is 7.54. The molecule has 1 unspecified atom stereocenters. The number of hydrogen-bond donors (Lipinski definition) is 1. The number of furan rings is 1. The first-order valence-corrected chi connectivity index (χ1v) is 11.5. The van der Waals surface area contributed by atoms with Crippen LogP contribution >= 0.6 is 11.6 Å². The van der Waals surface area contributed by atoms with Crippen molar-refractivity contribution in [2.45, 2.75) is 32.5 Å². The number of nitrogens with zero attached hydrogens (tertiary/aromatic N) is 4. The van der Waals surface area contributed by atoms with Gasteiger partial charge in [0.05, 0.1) is 17.6 Å². The lowest BCUT2D eigenvalue weighted by atomic mass is 10.1. The number of fused-ring (bicyclic) bond motifs is 1. The van der Waals surface area contributed by atoms with Crippen molar-refractivity contribution in [3.05, 3.63) is 93.4 Å². The van der Waals surface area contributed by atoms with Gasteiger partial charge in [-0.05, 0) is 36.7 Å². The summed E-state index contributed by atoms with van der Waals surface area (Å²) in [4.78, 5) is 24.9. The Morgan fingerprint density at radius 1 is 1.15 bits per heavy atom. The average Bonchev–Trinajstić information content (AvgIpc) is 3.22. The fraction of sp³-hybridized carbons (Fsp3) is 0.320. The number of rotatable bonds is 10. The second-order valence-electron chi connectivity index (χ2n) is 7.96. The van der Waals surface area contributed by atoms with Gasteiger partial charge in [0.15, 0.2) is 0 Å². The molecule has 0 aliphatic rings. The van der Waals surface area contributed by atoms with Gasteiger partial charge in [0.1, 0.15) is 17.5 Å². The minimum atomic E-state index is -0.187.